The van der Waals surface area contributed by atoms with Crippen molar-refractivity contribution in [2.45, 2.75) is 39.7 Å². The smallest absolute Gasteiger partial charge is 0.220 e. The van der Waals surface area contributed by atoms with Crippen molar-refractivity contribution < 1.29 is 4.79 Å². The molecule has 0 aromatic heterocycles. The Hall–Kier alpha value is -1.31. The van der Waals surface area contributed by atoms with Gasteiger partial charge in [0, 0.05) is 13.0 Å². The van der Waals surface area contributed by atoms with Crippen LogP contribution >= 0.6 is 0 Å². The van der Waals surface area contributed by atoms with Crippen LogP contribution in [-0.2, 0) is 11.3 Å². The number of nitrogens with one attached hydrogen (secondary N) is 1. The minimum absolute atomic E-state index is 0.150. The molecule has 1 aromatic carbocycles. The van der Waals surface area contributed by atoms with Crippen LogP contribution in [0.3, 0.4) is 0 Å². The molecule has 1 aromatic rings. The van der Waals surface area contributed by atoms with Gasteiger partial charge in [0.1, 0.15) is 0 Å². The average molecular weight is 205 g/mol. The molecule has 0 bridgehead atoms. The molecule has 0 aliphatic heterocycles. The second-order valence-corrected chi connectivity index (χ2v) is 3.87. The number of carbonyl (C=O) groups excluding carboxylic acids is 1. The van der Waals surface area contributed by atoms with Gasteiger partial charge >= 0.3 is 0 Å². The molecule has 0 aliphatic carbocycles. The molecular formula is C13H19NO. The minimum Gasteiger partial charge on any atom is -0.352 e. The Morgan fingerprint density at radius 3 is 2.53 bits per heavy atom. The summed E-state index contributed by atoms with van der Waals surface area (Å²) in [4.78, 5) is 11.3. The quantitative estimate of drug-likeness (QED) is 0.786. The van der Waals surface area contributed by atoms with Crippen LogP contribution in [0.5, 0.6) is 0 Å². The van der Waals surface area contributed by atoms with Crippen molar-refractivity contribution in [2.75, 3.05) is 0 Å². The number of carbonyl (C=O) groups is 1. The summed E-state index contributed by atoms with van der Waals surface area (Å²) in [5, 5.41) is 2.91. The summed E-state index contributed by atoms with van der Waals surface area (Å²) in [5.41, 5.74) is 2.40. The lowest BCUT2D eigenvalue weighted by Gasteiger charge is -2.05. The number of unbranched alkanes of at least 4 members (excludes halogenated alkanes) is 1. The second kappa shape index (κ2) is 6.23. The van der Waals surface area contributed by atoms with Gasteiger partial charge in [-0.15, -0.1) is 0 Å². The van der Waals surface area contributed by atoms with Crippen LogP contribution in [0.15, 0.2) is 24.3 Å². The first-order chi connectivity index (χ1) is 7.22. The normalized spacial score (nSPS) is 10.0. The molecule has 1 N–H and O–H groups in total. The zero-order valence-corrected chi connectivity index (χ0v) is 9.55. The molecular weight excluding hydrogens is 186 g/mol. The standard InChI is InChI=1S/C13H19NO/c1-3-4-5-13(15)14-10-12-8-6-11(2)7-9-12/h6-9H,3-5,10H2,1-2H3,(H,14,15). The molecule has 2 heteroatoms. The molecule has 0 saturated carbocycles. The Morgan fingerprint density at radius 1 is 1.27 bits per heavy atom. The highest BCUT2D eigenvalue weighted by Crippen LogP contribution is 2.02. The van der Waals surface area contributed by atoms with Crippen LogP contribution in [0.25, 0.3) is 0 Å². The molecule has 1 rings (SSSR count). The summed E-state index contributed by atoms with van der Waals surface area (Å²) in [6.07, 6.45) is 2.68. The highest BCUT2D eigenvalue weighted by molar-refractivity contribution is 5.75. The van der Waals surface area contributed by atoms with Crippen LogP contribution in [0.1, 0.15) is 37.3 Å². The van der Waals surface area contributed by atoms with E-state index in [0.717, 1.165) is 18.4 Å². The highest BCUT2D eigenvalue weighted by Gasteiger charge is 1.99. The Kier molecular flexibility index (Phi) is 4.88. The topological polar surface area (TPSA) is 29.1 Å². The van der Waals surface area contributed by atoms with E-state index in [1.807, 2.05) is 0 Å². The van der Waals surface area contributed by atoms with Crippen LogP contribution in [0.2, 0.25) is 0 Å². The largest absolute Gasteiger partial charge is 0.352 e. The van der Waals surface area contributed by atoms with Gasteiger partial charge in [-0.3, -0.25) is 4.79 Å². The van der Waals surface area contributed by atoms with Crippen LogP contribution < -0.4 is 5.32 Å². The predicted octanol–water partition coefficient (Wildman–Crippen LogP) is 2.80. The van der Waals surface area contributed by atoms with Gasteiger partial charge in [-0.05, 0) is 18.9 Å². The molecule has 0 spiro atoms. The van der Waals surface area contributed by atoms with Gasteiger partial charge in [-0.25, -0.2) is 0 Å². The van der Waals surface area contributed by atoms with Crippen LogP contribution in [-0.4, -0.2) is 5.91 Å². The molecule has 0 heterocycles. The van der Waals surface area contributed by atoms with E-state index in [0.29, 0.717) is 13.0 Å². The van der Waals surface area contributed by atoms with E-state index in [2.05, 4.69) is 43.4 Å². The van der Waals surface area contributed by atoms with Crippen molar-refractivity contribution >= 4 is 5.91 Å². The number of hydrogen-bond donors (Lipinski definition) is 1. The number of aryl methyl sites for hydroxylation is 1. The molecule has 0 unspecified atom stereocenters. The maximum atomic E-state index is 11.3. The van der Waals surface area contributed by atoms with Crippen LogP contribution in [0, 0.1) is 6.92 Å². The van der Waals surface area contributed by atoms with E-state index >= 15 is 0 Å². The lowest BCUT2D eigenvalue weighted by atomic mass is 10.1. The molecule has 15 heavy (non-hydrogen) atoms. The first kappa shape index (κ1) is 11.8. The minimum atomic E-state index is 0.150. The first-order valence-corrected chi connectivity index (χ1v) is 5.54. The van der Waals surface area contributed by atoms with Gasteiger partial charge in [0.25, 0.3) is 0 Å². The van der Waals surface area contributed by atoms with E-state index in [9.17, 15) is 4.79 Å². The SMILES string of the molecule is CCCCC(=O)NCc1ccc(C)cc1. The molecule has 2 nitrogen and oxygen atoms in total. The zero-order chi connectivity index (χ0) is 11.1. The number of rotatable bonds is 5. The van der Waals surface area contributed by atoms with Crippen molar-refractivity contribution in [3.63, 3.8) is 0 Å². The van der Waals surface area contributed by atoms with E-state index in [4.69, 9.17) is 0 Å². The summed E-state index contributed by atoms with van der Waals surface area (Å²) in [5.74, 6) is 0.150. The Morgan fingerprint density at radius 2 is 1.93 bits per heavy atom. The van der Waals surface area contributed by atoms with Crippen molar-refractivity contribution in [1.82, 2.24) is 5.32 Å². The molecule has 0 aliphatic rings. The lowest BCUT2D eigenvalue weighted by molar-refractivity contribution is -0.121. The Labute approximate surface area is 91.7 Å². The number of benzene rings is 1. The highest BCUT2D eigenvalue weighted by atomic mass is 16.1. The van der Waals surface area contributed by atoms with Crippen molar-refractivity contribution in [3.05, 3.63) is 35.4 Å². The van der Waals surface area contributed by atoms with Gasteiger partial charge in [0.2, 0.25) is 5.91 Å². The molecule has 82 valence electrons. The van der Waals surface area contributed by atoms with E-state index in [-0.39, 0.29) is 5.91 Å². The van der Waals surface area contributed by atoms with Crippen molar-refractivity contribution in [1.29, 1.82) is 0 Å². The summed E-state index contributed by atoms with van der Waals surface area (Å²) >= 11 is 0. The monoisotopic (exact) mass is 205 g/mol. The lowest BCUT2D eigenvalue weighted by Crippen LogP contribution is -2.22. The zero-order valence-electron chi connectivity index (χ0n) is 9.55. The number of amides is 1. The van der Waals surface area contributed by atoms with Crippen LogP contribution in [0.4, 0.5) is 0 Å². The van der Waals surface area contributed by atoms with Gasteiger partial charge in [0.05, 0.1) is 0 Å². The van der Waals surface area contributed by atoms with Gasteiger partial charge in [0.15, 0.2) is 0 Å². The maximum Gasteiger partial charge on any atom is 0.220 e. The first-order valence-electron chi connectivity index (χ1n) is 5.54. The molecule has 0 fully saturated rings. The molecule has 0 radical (unpaired) electrons. The molecule has 0 atom stereocenters. The Bertz CT molecular complexity index is 303. The number of hydrogen-bond acceptors (Lipinski definition) is 1. The third-order valence-corrected chi connectivity index (χ3v) is 2.37. The summed E-state index contributed by atoms with van der Waals surface area (Å²) in [6, 6.07) is 8.23. The third-order valence-electron chi connectivity index (χ3n) is 2.37. The predicted molar refractivity (Wildman–Crippen MR) is 62.6 cm³/mol. The van der Waals surface area contributed by atoms with E-state index in [1.54, 1.807) is 0 Å². The second-order valence-electron chi connectivity index (χ2n) is 3.87. The fourth-order valence-corrected chi connectivity index (χ4v) is 1.33. The van der Waals surface area contributed by atoms with Crippen molar-refractivity contribution in [2.24, 2.45) is 0 Å². The van der Waals surface area contributed by atoms with Gasteiger partial charge in [-0.2, -0.15) is 0 Å². The summed E-state index contributed by atoms with van der Waals surface area (Å²) < 4.78 is 0. The molecule has 1 amide bonds. The summed E-state index contributed by atoms with van der Waals surface area (Å²) in [7, 11) is 0. The van der Waals surface area contributed by atoms with E-state index < -0.39 is 0 Å². The molecule has 0 saturated heterocycles. The van der Waals surface area contributed by atoms with Gasteiger partial charge in [-0.1, -0.05) is 43.2 Å². The van der Waals surface area contributed by atoms with Gasteiger partial charge < -0.3 is 5.32 Å². The third kappa shape index (κ3) is 4.63. The van der Waals surface area contributed by atoms with E-state index in [1.165, 1.54) is 5.56 Å². The summed E-state index contributed by atoms with van der Waals surface area (Å²) in [6.45, 7) is 4.79. The fourth-order valence-electron chi connectivity index (χ4n) is 1.33. The van der Waals surface area contributed by atoms with Crippen molar-refractivity contribution in [3.8, 4) is 0 Å². The Balaban J connectivity index is 2.30. The maximum absolute atomic E-state index is 11.3. The fraction of sp³-hybridized carbons (Fsp3) is 0.462. The average Bonchev–Trinajstić information content (AvgIpc) is 2.25.